The highest BCUT2D eigenvalue weighted by molar-refractivity contribution is 7.47. The third-order valence-corrected chi connectivity index (χ3v) is 18.0. The number of phosphoric ester groups is 1. The van der Waals surface area contributed by atoms with Crippen LogP contribution in [0.1, 0.15) is 393 Å². The number of nitrogens with zero attached hydrogens (tertiary/aromatic N) is 1. The summed E-state index contributed by atoms with van der Waals surface area (Å²) in [6.45, 7) is 4.52. The summed E-state index contributed by atoms with van der Waals surface area (Å²) in [6, 6.07) is 0. The van der Waals surface area contributed by atoms with E-state index in [9.17, 15) is 19.0 Å². The quantitative estimate of drug-likeness (QED) is 0.0211. The van der Waals surface area contributed by atoms with Crippen molar-refractivity contribution in [2.75, 3.05) is 47.5 Å². The van der Waals surface area contributed by atoms with E-state index in [1.807, 2.05) is 21.1 Å². The normalized spacial score (nSPS) is 13.1. The van der Waals surface area contributed by atoms with Gasteiger partial charge in [-0.1, -0.05) is 353 Å². The zero-order valence-corrected chi connectivity index (χ0v) is 57.4. The molecule has 9 nitrogen and oxygen atoms in total. The third kappa shape index (κ3) is 69.7. The van der Waals surface area contributed by atoms with E-state index < -0.39 is 26.5 Å². The fourth-order valence-electron chi connectivity index (χ4n) is 11.4. The number of likely N-dealkylation sites (N-methyl/N-ethyl adjacent to an activating group) is 1. The molecule has 0 radical (unpaired) electrons. The second kappa shape index (κ2) is 65.2. The average molecular weight is 1200 g/mol. The molecule has 10 heteroatoms. The maximum absolute atomic E-state index is 12.9. The van der Waals surface area contributed by atoms with Gasteiger partial charge in [-0.15, -0.1) is 0 Å². The SMILES string of the molecule is CCCCCCCCCC/C=C\CCCCCCCCCCCCCCCCCCCCCCCCCC(=O)OC(COC(=O)CCCCCCCCCCCCCCCCCCCCCCCCCC)COP(=O)(O)OCC[N+](C)(C)C. The van der Waals surface area contributed by atoms with E-state index in [2.05, 4.69) is 26.0 Å². The molecule has 0 amide bonds. The fraction of sp³-hybridized carbons (Fsp3) is 0.945. The first-order valence-corrected chi connectivity index (χ1v) is 38.4. The Kier molecular flexibility index (Phi) is 64.2. The van der Waals surface area contributed by atoms with Crippen molar-refractivity contribution in [1.29, 1.82) is 0 Å². The number of hydrogen-bond acceptors (Lipinski definition) is 7. The van der Waals surface area contributed by atoms with Crippen LogP contribution in [0, 0.1) is 0 Å². The minimum Gasteiger partial charge on any atom is -0.462 e. The van der Waals surface area contributed by atoms with Crippen molar-refractivity contribution in [2.45, 2.75) is 399 Å². The van der Waals surface area contributed by atoms with Crippen molar-refractivity contribution >= 4 is 19.8 Å². The Morgan fingerprint density at radius 3 is 0.892 bits per heavy atom. The number of ether oxygens (including phenoxy) is 2. The average Bonchev–Trinajstić information content (AvgIpc) is 3.49. The molecule has 0 heterocycles. The fourth-order valence-corrected chi connectivity index (χ4v) is 12.1. The van der Waals surface area contributed by atoms with Crippen LogP contribution < -0.4 is 0 Å². The maximum Gasteiger partial charge on any atom is 0.472 e. The topological polar surface area (TPSA) is 108 Å². The van der Waals surface area contributed by atoms with Gasteiger partial charge >= 0.3 is 19.8 Å². The highest BCUT2D eigenvalue weighted by atomic mass is 31.2. The van der Waals surface area contributed by atoms with Crippen LogP contribution in [-0.2, 0) is 32.7 Å². The Labute approximate surface area is 517 Å². The first kappa shape index (κ1) is 81.8. The molecule has 0 rings (SSSR count). The van der Waals surface area contributed by atoms with Gasteiger partial charge in [0.25, 0.3) is 0 Å². The summed E-state index contributed by atoms with van der Waals surface area (Å²) in [5.41, 5.74) is 0. The summed E-state index contributed by atoms with van der Waals surface area (Å²) in [4.78, 5) is 35.9. The van der Waals surface area contributed by atoms with Crippen LogP contribution in [0.15, 0.2) is 12.2 Å². The first-order valence-electron chi connectivity index (χ1n) is 36.9. The predicted octanol–water partition coefficient (Wildman–Crippen LogP) is 23.9. The van der Waals surface area contributed by atoms with Crippen LogP contribution in [0.25, 0.3) is 0 Å². The van der Waals surface area contributed by atoms with Gasteiger partial charge in [-0.25, -0.2) is 4.57 Å². The van der Waals surface area contributed by atoms with Crippen LogP contribution in [0.2, 0.25) is 0 Å². The number of carbonyl (C=O) groups excluding carboxylic acids is 2. The van der Waals surface area contributed by atoms with Crippen molar-refractivity contribution in [1.82, 2.24) is 0 Å². The molecule has 494 valence electrons. The summed E-state index contributed by atoms with van der Waals surface area (Å²) in [6.07, 6.45) is 80.6. The molecular weight excluding hydrogens is 1050 g/mol. The molecule has 1 N–H and O–H groups in total. The molecule has 0 bridgehead atoms. The molecule has 0 aromatic heterocycles. The Morgan fingerprint density at radius 2 is 0.614 bits per heavy atom. The molecule has 0 aliphatic rings. The first-order chi connectivity index (χ1) is 40.5. The molecule has 0 fully saturated rings. The van der Waals surface area contributed by atoms with E-state index in [-0.39, 0.29) is 25.6 Å². The van der Waals surface area contributed by atoms with Crippen LogP contribution in [0.4, 0.5) is 0 Å². The van der Waals surface area contributed by atoms with E-state index in [1.165, 1.54) is 327 Å². The lowest BCUT2D eigenvalue weighted by Gasteiger charge is -2.24. The predicted molar refractivity (Wildman–Crippen MR) is 358 cm³/mol. The zero-order chi connectivity index (χ0) is 60.5. The molecular formula is C73H145NO8P+. The highest BCUT2D eigenvalue weighted by Crippen LogP contribution is 2.43. The minimum absolute atomic E-state index is 0.0369. The molecule has 2 atom stereocenters. The Hall–Kier alpha value is -1.25. The molecule has 0 saturated heterocycles. The lowest BCUT2D eigenvalue weighted by atomic mass is 10.0. The summed E-state index contributed by atoms with van der Waals surface area (Å²) in [5.74, 6) is -0.769. The second-order valence-corrected chi connectivity index (χ2v) is 28.1. The van der Waals surface area contributed by atoms with Crippen LogP contribution in [-0.4, -0.2) is 74.9 Å². The maximum atomic E-state index is 12.9. The van der Waals surface area contributed by atoms with Crippen molar-refractivity contribution < 1.29 is 42.1 Å². The number of unbranched alkanes of at least 4 members (excludes halogenated alkanes) is 54. The molecule has 0 aliphatic carbocycles. The number of allylic oxidation sites excluding steroid dienone is 2. The van der Waals surface area contributed by atoms with Crippen molar-refractivity contribution in [2.24, 2.45) is 0 Å². The van der Waals surface area contributed by atoms with Gasteiger partial charge in [-0.2, -0.15) is 0 Å². The van der Waals surface area contributed by atoms with E-state index >= 15 is 0 Å². The zero-order valence-electron chi connectivity index (χ0n) is 56.5. The Bertz CT molecular complexity index is 1400. The molecule has 0 aliphatic heterocycles. The molecule has 2 unspecified atom stereocenters. The van der Waals surface area contributed by atoms with E-state index in [0.717, 1.165) is 38.5 Å². The van der Waals surface area contributed by atoms with Gasteiger partial charge < -0.3 is 18.9 Å². The lowest BCUT2D eigenvalue weighted by molar-refractivity contribution is -0.870. The molecule has 0 aromatic rings. The number of phosphoric acid groups is 1. The summed E-state index contributed by atoms with van der Waals surface area (Å²) < 4.78 is 34.8. The molecule has 0 aromatic carbocycles. The number of rotatable bonds is 70. The third-order valence-electron chi connectivity index (χ3n) is 17.0. The van der Waals surface area contributed by atoms with E-state index in [4.69, 9.17) is 18.5 Å². The Balaban J connectivity index is 3.93. The van der Waals surface area contributed by atoms with Gasteiger partial charge in [0.1, 0.15) is 19.8 Å². The van der Waals surface area contributed by atoms with Crippen LogP contribution in [0.5, 0.6) is 0 Å². The number of esters is 2. The molecule has 0 saturated carbocycles. The lowest BCUT2D eigenvalue weighted by Crippen LogP contribution is -2.37. The van der Waals surface area contributed by atoms with Gasteiger partial charge in [-0.3, -0.25) is 18.6 Å². The largest absolute Gasteiger partial charge is 0.472 e. The van der Waals surface area contributed by atoms with Gasteiger partial charge in [0.05, 0.1) is 27.7 Å². The van der Waals surface area contributed by atoms with Crippen molar-refractivity contribution in [3.05, 3.63) is 12.2 Å². The molecule has 0 spiro atoms. The minimum atomic E-state index is -4.39. The van der Waals surface area contributed by atoms with Crippen molar-refractivity contribution in [3.63, 3.8) is 0 Å². The summed E-state index contributed by atoms with van der Waals surface area (Å²) in [7, 11) is 1.51. The van der Waals surface area contributed by atoms with Crippen molar-refractivity contribution in [3.8, 4) is 0 Å². The highest BCUT2D eigenvalue weighted by Gasteiger charge is 2.27. The van der Waals surface area contributed by atoms with Crippen LogP contribution >= 0.6 is 7.82 Å². The Morgan fingerprint density at radius 1 is 0.361 bits per heavy atom. The van der Waals surface area contributed by atoms with Crippen LogP contribution in [0.3, 0.4) is 0 Å². The smallest absolute Gasteiger partial charge is 0.462 e. The standard InChI is InChI=1S/C73H144NO8P/c1-6-8-10-12-14-16-18-20-22-24-26-28-30-32-33-34-35-36-37-38-39-40-41-42-44-46-48-50-52-54-56-58-60-62-64-66-73(76)82-71(70-81-83(77,78)80-68-67-74(3,4)5)69-79-72(75)65-63-61-59-57-55-53-51-49-47-45-43-31-29-27-25-23-21-19-17-15-13-11-9-7-2/h24,26,71H,6-23,25,27-70H2,1-5H3/p+1/b26-24-. The summed E-state index contributed by atoms with van der Waals surface area (Å²) in [5, 5.41) is 0. The second-order valence-electron chi connectivity index (χ2n) is 26.7. The molecule has 83 heavy (non-hydrogen) atoms. The monoisotopic (exact) mass is 1200 g/mol. The van der Waals surface area contributed by atoms with Gasteiger partial charge in [0.15, 0.2) is 6.10 Å². The van der Waals surface area contributed by atoms with Gasteiger partial charge in [0.2, 0.25) is 0 Å². The van der Waals surface area contributed by atoms with E-state index in [0.29, 0.717) is 17.4 Å². The number of hydrogen-bond donors (Lipinski definition) is 1. The van der Waals surface area contributed by atoms with Gasteiger partial charge in [0, 0.05) is 12.8 Å². The summed E-state index contributed by atoms with van der Waals surface area (Å²) >= 11 is 0. The number of quaternary nitrogens is 1. The van der Waals surface area contributed by atoms with E-state index in [1.54, 1.807) is 0 Å². The number of carbonyl (C=O) groups is 2. The van der Waals surface area contributed by atoms with Gasteiger partial charge in [-0.05, 0) is 38.5 Å².